The molecule has 128 valence electrons. The van der Waals surface area contributed by atoms with Gasteiger partial charge in [-0.15, -0.1) is 0 Å². The molecule has 25 heavy (non-hydrogen) atoms. The fraction of sp³-hybridized carbons (Fsp3) is 0.300. The second-order valence-electron chi connectivity index (χ2n) is 6.83. The van der Waals surface area contributed by atoms with Crippen molar-refractivity contribution in [3.63, 3.8) is 0 Å². The third kappa shape index (κ3) is 2.27. The van der Waals surface area contributed by atoms with Crippen LogP contribution in [0.4, 0.5) is 0 Å². The summed E-state index contributed by atoms with van der Waals surface area (Å²) in [4.78, 5) is 11.9. The molecule has 0 saturated carbocycles. The van der Waals surface area contributed by atoms with E-state index in [1.807, 2.05) is 49.4 Å². The third-order valence-corrected chi connectivity index (χ3v) is 5.55. The van der Waals surface area contributed by atoms with Gasteiger partial charge in [0.2, 0.25) is 0 Å². The summed E-state index contributed by atoms with van der Waals surface area (Å²) in [6.07, 6.45) is 1.13. The smallest absolute Gasteiger partial charge is 0.264 e. The molecular weight excluding hydrogens is 316 g/mol. The number of benzene rings is 2. The molecule has 1 aromatic heterocycles. The van der Waals surface area contributed by atoms with E-state index in [0.717, 1.165) is 33.3 Å². The van der Waals surface area contributed by atoms with Gasteiger partial charge in [-0.3, -0.25) is 10.1 Å². The molecule has 5 heteroatoms. The van der Waals surface area contributed by atoms with Crippen molar-refractivity contribution in [3.05, 3.63) is 81.0 Å². The number of nitro groups is 1. The lowest BCUT2D eigenvalue weighted by Crippen LogP contribution is -2.43. The van der Waals surface area contributed by atoms with E-state index in [-0.39, 0.29) is 11.5 Å². The van der Waals surface area contributed by atoms with Crippen LogP contribution >= 0.6 is 0 Å². The van der Waals surface area contributed by atoms with E-state index in [1.54, 1.807) is 0 Å². The van der Waals surface area contributed by atoms with Gasteiger partial charge in [-0.25, -0.2) is 0 Å². The van der Waals surface area contributed by atoms with E-state index >= 15 is 0 Å². The first-order valence-electron chi connectivity index (χ1n) is 8.48. The van der Waals surface area contributed by atoms with Gasteiger partial charge in [-0.05, 0) is 36.6 Å². The normalized spacial score (nSPS) is 19.8. The summed E-state index contributed by atoms with van der Waals surface area (Å²) in [7, 11) is 0. The summed E-state index contributed by atoms with van der Waals surface area (Å²) in [5.41, 5.74) is 3.66. The minimum atomic E-state index is -1.11. The molecule has 2 heterocycles. The Labute approximate surface area is 145 Å². The predicted molar refractivity (Wildman–Crippen MR) is 96.0 cm³/mol. The molecule has 1 aliphatic rings. The van der Waals surface area contributed by atoms with Gasteiger partial charge in [-0.2, -0.15) is 0 Å². The lowest BCUT2D eigenvalue weighted by molar-refractivity contribution is -0.585. The number of aliphatic hydroxyl groups excluding tert-OH is 1. The van der Waals surface area contributed by atoms with Gasteiger partial charge in [-0.1, -0.05) is 36.4 Å². The second-order valence-corrected chi connectivity index (χ2v) is 6.83. The lowest BCUT2D eigenvalue weighted by atomic mass is 9.83. The molecule has 3 aromatic rings. The maximum Gasteiger partial charge on any atom is 0.264 e. The summed E-state index contributed by atoms with van der Waals surface area (Å²) >= 11 is 0. The Hall–Kier alpha value is -2.66. The molecule has 0 fully saturated rings. The fourth-order valence-corrected chi connectivity index (χ4v) is 4.07. The van der Waals surface area contributed by atoms with E-state index < -0.39 is 5.54 Å². The Bertz CT molecular complexity index is 962. The van der Waals surface area contributed by atoms with Crippen molar-refractivity contribution in [2.75, 3.05) is 0 Å². The molecule has 1 N–H and O–H groups in total. The largest absolute Gasteiger partial charge is 0.392 e. The minimum absolute atomic E-state index is 0.0221. The van der Waals surface area contributed by atoms with Crippen molar-refractivity contribution in [3.8, 4) is 0 Å². The average Bonchev–Trinajstić information content (AvgIpc) is 2.99. The van der Waals surface area contributed by atoms with Crippen LogP contribution in [0, 0.1) is 17.0 Å². The first-order valence-corrected chi connectivity index (χ1v) is 8.48. The average molecular weight is 336 g/mol. The van der Waals surface area contributed by atoms with Crippen molar-refractivity contribution in [2.24, 2.45) is 0 Å². The molecule has 1 aliphatic heterocycles. The molecule has 0 saturated heterocycles. The first kappa shape index (κ1) is 15.8. The summed E-state index contributed by atoms with van der Waals surface area (Å²) in [5.74, 6) is 0. The number of nitrogens with zero attached hydrogens (tertiary/aromatic N) is 2. The first-order chi connectivity index (χ1) is 12.1. The molecule has 1 atom stereocenters. The highest BCUT2D eigenvalue weighted by atomic mass is 16.6. The Balaban J connectivity index is 1.91. The van der Waals surface area contributed by atoms with Crippen molar-refractivity contribution >= 4 is 10.9 Å². The van der Waals surface area contributed by atoms with Crippen LogP contribution in [0.2, 0.25) is 0 Å². The van der Waals surface area contributed by atoms with Gasteiger partial charge < -0.3 is 9.67 Å². The summed E-state index contributed by atoms with van der Waals surface area (Å²) in [6, 6.07) is 15.4. The van der Waals surface area contributed by atoms with Crippen LogP contribution < -0.4 is 0 Å². The number of aliphatic hydroxyl groups is 1. The third-order valence-electron chi connectivity index (χ3n) is 5.55. The van der Waals surface area contributed by atoms with E-state index in [0.29, 0.717) is 19.4 Å². The molecule has 0 radical (unpaired) electrons. The predicted octanol–water partition coefficient (Wildman–Crippen LogP) is 3.56. The van der Waals surface area contributed by atoms with Crippen LogP contribution in [0.25, 0.3) is 10.9 Å². The number of rotatable bonds is 3. The molecule has 0 unspecified atom stereocenters. The maximum atomic E-state index is 12.1. The highest BCUT2D eigenvalue weighted by Crippen LogP contribution is 2.39. The van der Waals surface area contributed by atoms with Gasteiger partial charge >= 0.3 is 0 Å². The van der Waals surface area contributed by atoms with Crippen molar-refractivity contribution < 1.29 is 10.0 Å². The molecule has 0 spiro atoms. The zero-order valence-electron chi connectivity index (χ0n) is 14.1. The molecule has 0 bridgehead atoms. The Morgan fingerprint density at radius 1 is 1.24 bits per heavy atom. The zero-order valence-corrected chi connectivity index (χ0v) is 14.1. The van der Waals surface area contributed by atoms with E-state index in [9.17, 15) is 15.2 Å². The Kier molecular flexibility index (Phi) is 3.62. The summed E-state index contributed by atoms with van der Waals surface area (Å²) in [6.45, 7) is 2.27. The topological polar surface area (TPSA) is 68.3 Å². The number of fused-ring (bicyclic) bond motifs is 3. The zero-order chi connectivity index (χ0) is 17.6. The van der Waals surface area contributed by atoms with Crippen LogP contribution in [0.1, 0.15) is 28.8 Å². The van der Waals surface area contributed by atoms with Gasteiger partial charge in [0.05, 0.1) is 13.2 Å². The van der Waals surface area contributed by atoms with Crippen LogP contribution in [0.15, 0.2) is 48.5 Å². The Morgan fingerprint density at radius 3 is 2.68 bits per heavy atom. The van der Waals surface area contributed by atoms with Crippen LogP contribution in [0.3, 0.4) is 0 Å². The van der Waals surface area contributed by atoms with Crippen LogP contribution in [-0.4, -0.2) is 14.6 Å². The molecule has 4 rings (SSSR count). The summed E-state index contributed by atoms with van der Waals surface area (Å²) < 4.78 is 2.06. The number of aromatic nitrogens is 1. The van der Waals surface area contributed by atoms with E-state index in [1.165, 1.54) is 0 Å². The Morgan fingerprint density at radius 2 is 2.00 bits per heavy atom. The lowest BCUT2D eigenvalue weighted by Gasteiger charge is -2.31. The number of hydrogen-bond acceptors (Lipinski definition) is 3. The SMILES string of the molecule is Cc1ccc2c(cc3n2C[C@](c2ccccc2)([N+](=O)[O-])CC3)c1CO. The van der Waals surface area contributed by atoms with Gasteiger partial charge in [0, 0.05) is 33.5 Å². The van der Waals surface area contributed by atoms with E-state index in [4.69, 9.17) is 0 Å². The maximum absolute atomic E-state index is 12.1. The standard InChI is InChI=1S/C20H20N2O3/c1-14-7-8-19-17(18(14)12-23)11-16-9-10-20(22(24)25,13-21(16)19)15-5-3-2-4-6-15/h2-8,11,23H,9-10,12-13H2,1H3/t20-/m1/s1. The van der Waals surface area contributed by atoms with Crippen LogP contribution in [0.5, 0.6) is 0 Å². The fourth-order valence-electron chi connectivity index (χ4n) is 4.07. The second kappa shape index (κ2) is 5.70. The summed E-state index contributed by atoms with van der Waals surface area (Å²) in [5, 5.41) is 22.8. The van der Waals surface area contributed by atoms with Crippen LogP contribution in [-0.2, 0) is 25.1 Å². The highest BCUT2D eigenvalue weighted by Gasteiger charge is 2.47. The minimum Gasteiger partial charge on any atom is -0.392 e. The number of aryl methyl sites for hydroxylation is 2. The van der Waals surface area contributed by atoms with Crippen molar-refractivity contribution in [1.82, 2.24) is 4.57 Å². The molecule has 0 amide bonds. The molecule has 0 aliphatic carbocycles. The number of hydrogen-bond donors (Lipinski definition) is 1. The van der Waals surface area contributed by atoms with Gasteiger partial charge in [0.15, 0.2) is 0 Å². The highest BCUT2D eigenvalue weighted by molar-refractivity contribution is 5.86. The molecule has 2 aromatic carbocycles. The van der Waals surface area contributed by atoms with Crippen molar-refractivity contribution in [1.29, 1.82) is 0 Å². The quantitative estimate of drug-likeness (QED) is 0.587. The van der Waals surface area contributed by atoms with Gasteiger partial charge in [0.1, 0.15) is 0 Å². The monoisotopic (exact) mass is 336 g/mol. The van der Waals surface area contributed by atoms with Gasteiger partial charge in [0.25, 0.3) is 5.54 Å². The molecular formula is C20H20N2O3. The van der Waals surface area contributed by atoms with E-state index in [2.05, 4.69) is 10.6 Å². The van der Waals surface area contributed by atoms with Crippen molar-refractivity contribution in [2.45, 2.75) is 38.5 Å². The molecule has 5 nitrogen and oxygen atoms in total.